The molecule has 4 rings (SSSR count). The van der Waals surface area contributed by atoms with Gasteiger partial charge in [-0.1, -0.05) is 5.16 Å². The predicted molar refractivity (Wildman–Crippen MR) is 107 cm³/mol. The molecule has 1 aliphatic heterocycles. The zero-order valence-corrected chi connectivity index (χ0v) is 16.5. The van der Waals surface area contributed by atoms with Gasteiger partial charge in [0.1, 0.15) is 23.4 Å². The van der Waals surface area contributed by atoms with Gasteiger partial charge in [-0.15, -0.1) is 0 Å². The summed E-state index contributed by atoms with van der Waals surface area (Å²) >= 11 is 0. The number of fused-ring (bicyclic) bond motifs is 1. The van der Waals surface area contributed by atoms with Crippen molar-refractivity contribution in [1.29, 1.82) is 0 Å². The minimum atomic E-state index is -0.432. The van der Waals surface area contributed by atoms with Crippen molar-refractivity contribution in [2.45, 2.75) is 32.8 Å². The number of benzene rings is 1. The van der Waals surface area contributed by atoms with E-state index in [1.807, 2.05) is 19.9 Å². The molecule has 1 aliphatic rings. The Balaban J connectivity index is 1.85. The van der Waals surface area contributed by atoms with E-state index in [1.165, 1.54) is 6.20 Å². The first kappa shape index (κ1) is 19.1. The van der Waals surface area contributed by atoms with Gasteiger partial charge in [0.05, 0.1) is 34.9 Å². The fourth-order valence-electron chi connectivity index (χ4n) is 3.79. The quantitative estimate of drug-likeness (QED) is 0.489. The summed E-state index contributed by atoms with van der Waals surface area (Å²) < 4.78 is 16.5. The highest BCUT2D eigenvalue weighted by Gasteiger charge is 2.24. The van der Waals surface area contributed by atoms with Crippen LogP contribution in [0.15, 0.2) is 22.9 Å². The lowest BCUT2D eigenvalue weighted by Gasteiger charge is -2.16. The molecule has 0 bridgehead atoms. The Morgan fingerprint density at radius 3 is 2.83 bits per heavy atom. The van der Waals surface area contributed by atoms with Gasteiger partial charge in [-0.05, 0) is 38.8 Å². The van der Waals surface area contributed by atoms with E-state index in [-0.39, 0.29) is 11.8 Å². The zero-order valence-electron chi connectivity index (χ0n) is 16.5. The van der Waals surface area contributed by atoms with Crippen molar-refractivity contribution in [1.82, 2.24) is 10.1 Å². The van der Waals surface area contributed by atoms with Crippen molar-refractivity contribution in [2.75, 3.05) is 25.6 Å². The average Bonchev–Trinajstić information content (AvgIpc) is 3.34. The summed E-state index contributed by atoms with van der Waals surface area (Å²) in [5, 5.41) is 19.4. The Bertz CT molecular complexity index is 1050. The van der Waals surface area contributed by atoms with Gasteiger partial charge in [-0.3, -0.25) is 10.1 Å². The van der Waals surface area contributed by atoms with Crippen molar-refractivity contribution in [3.05, 3.63) is 39.9 Å². The van der Waals surface area contributed by atoms with Gasteiger partial charge in [0.15, 0.2) is 0 Å². The zero-order chi connectivity index (χ0) is 20.5. The number of pyridine rings is 1. The van der Waals surface area contributed by atoms with E-state index in [9.17, 15) is 10.1 Å². The molecule has 9 nitrogen and oxygen atoms in total. The highest BCUT2D eigenvalue weighted by molar-refractivity contribution is 5.99. The van der Waals surface area contributed by atoms with Gasteiger partial charge in [0.2, 0.25) is 0 Å². The number of methoxy groups -OCH3 is 1. The molecule has 3 aromatic rings. The van der Waals surface area contributed by atoms with E-state index in [2.05, 4.69) is 15.5 Å². The van der Waals surface area contributed by atoms with Crippen LogP contribution < -0.4 is 10.1 Å². The number of rotatable bonds is 6. The number of aryl methyl sites for hydroxylation is 2. The number of nitrogens with one attached hydrogen (secondary N) is 1. The number of nitrogens with zero attached hydrogens (tertiary/aromatic N) is 3. The maximum Gasteiger partial charge on any atom is 0.311 e. The molecule has 0 saturated carbocycles. The van der Waals surface area contributed by atoms with Crippen LogP contribution in [0.5, 0.6) is 5.75 Å². The first-order chi connectivity index (χ1) is 14.0. The monoisotopic (exact) mass is 398 g/mol. The minimum absolute atomic E-state index is 0.0429. The first-order valence-electron chi connectivity index (χ1n) is 9.43. The summed E-state index contributed by atoms with van der Waals surface area (Å²) in [6.07, 6.45) is 3.26. The molecule has 1 aromatic carbocycles. The molecule has 2 aromatic heterocycles. The molecule has 0 amide bonds. The molecule has 1 fully saturated rings. The molecule has 0 radical (unpaired) electrons. The van der Waals surface area contributed by atoms with Gasteiger partial charge in [-0.25, -0.2) is 4.98 Å². The van der Waals surface area contributed by atoms with Gasteiger partial charge >= 0.3 is 5.69 Å². The summed E-state index contributed by atoms with van der Waals surface area (Å²) in [5.74, 6) is 1.23. The summed E-state index contributed by atoms with van der Waals surface area (Å²) in [7, 11) is 1.56. The van der Waals surface area contributed by atoms with Crippen LogP contribution in [0.3, 0.4) is 0 Å². The van der Waals surface area contributed by atoms with Gasteiger partial charge in [0, 0.05) is 24.1 Å². The van der Waals surface area contributed by atoms with Crippen LogP contribution in [0.1, 0.15) is 24.3 Å². The average molecular weight is 398 g/mol. The van der Waals surface area contributed by atoms with Crippen LogP contribution in [0.2, 0.25) is 0 Å². The Kier molecular flexibility index (Phi) is 5.06. The normalized spacial score (nSPS) is 16.3. The maximum atomic E-state index is 11.6. The number of ether oxygens (including phenoxy) is 2. The molecule has 1 atom stereocenters. The third-order valence-electron chi connectivity index (χ3n) is 5.20. The van der Waals surface area contributed by atoms with Crippen molar-refractivity contribution >= 4 is 22.3 Å². The number of hydrogen-bond acceptors (Lipinski definition) is 8. The molecular weight excluding hydrogens is 376 g/mol. The molecule has 0 aliphatic carbocycles. The number of aromatic nitrogens is 2. The van der Waals surface area contributed by atoms with E-state index in [4.69, 9.17) is 14.0 Å². The van der Waals surface area contributed by atoms with E-state index in [1.54, 1.807) is 13.2 Å². The lowest BCUT2D eigenvalue weighted by Crippen LogP contribution is -2.19. The second kappa shape index (κ2) is 7.67. The van der Waals surface area contributed by atoms with Gasteiger partial charge < -0.3 is 19.3 Å². The molecule has 0 spiro atoms. The largest absolute Gasteiger partial charge is 0.496 e. The molecule has 1 saturated heterocycles. The lowest BCUT2D eigenvalue weighted by molar-refractivity contribution is -0.384. The second-order valence-electron chi connectivity index (χ2n) is 7.06. The van der Waals surface area contributed by atoms with Crippen molar-refractivity contribution in [2.24, 2.45) is 0 Å². The van der Waals surface area contributed by atoms with E-state index >= 15 is 0 Å². The fourth-order valence-corrected chi connectivity index (χ4v) is 3.79. The van der Waals surface area contributed by atoms with E-state index in [0.29, 0.717) is 34.6 Å². The van der Waals surface area contributed by atoms with Crippen LogP contribution in [-0.4, -0.2) is 41.4 Å². The Hall–Kier alpha value is -3.20. The van der Waals surface area contributed by atoms with Crippen LogP contribution in [0, 0.1) is 24.0 Å². The van der Waals surface area contributed by atoms with Crippen LogP contribution >= 0.6 is 0 Å². The highest BCUT2D eigenvalue weighted by Crippen LogP contribution is 2.41. The summed E-state index contributed by atoms with van der Waals surface area (Å²) in [6, 6.07) is 3.62. The van der Waals surface area contributed by atoms with E-state index < -0.39 is 4.92 Å². The van der Waals surface area contributed by atoms with Crippen LogP contribution in [-0.2, 0) is 4.74 Å². The lowest BCUT2D eigenvalue weighted by atomic mass is 10.00. The topological polar surface area (TPSA) is 113 Å². The SMILES string of the molecule is COc1cc2c(NCC3CCCO3)c([N+](=O)[O-])cnc2cc1-c1c(C)noc1C. The second-order valence-corrected chi connectivity index (χ2v) is 7.06. The highest BCUT2D eigenvalue weighted by atomic mass is 16.6. The van der Waals surface area contributed by atoms with Gasteiger partial charge in [-0.2, -0.15) is 0 Å². The Morgan fingerprint density at radius 1 is 1.38 bits per heavy atom. The predicted octanol–water partition coefficient (Wildman–Crippen LogP) is 4.01. The Morgan fingerprint density at radius 2 is 2.21 bits per heavy atom. The van der Waals surface area contributed by atoms with Crippen molar-refractivity contribution in [3.8, 4) is 16.9 Å². The maximum absolute atomic E-state index is 11.6. The summed E-state index contributed by atoms with van der Waals surface area (Å²) in [6.45, 7) is 4.90. The molecule has 3 heterocycles. The van der Waals surface area contributed by atoms with Crippen molar-refractivity contribution < 1.29 is 18.9 Å². The third kappa shape index (κ3) is 3.49. The molecule has 152 valence electrons. The van der Waals surface area contributed by atoms with Crippen molar-refractivity contribution in [3.63, 3.8) is 0 Å². The minimum Gasteiger partial charge on any atom is -0.496 e. The fraction of sp³-hybridized carbons (Fsp3) is 0.400. The van der Waals surface area contributed by atoms with Crippen LogP contribution in [0.25, 0.3) is 22.0 Å². The van der Waals surface area contributed by atoms with E-state index in [0.717, 1.165) is 36.3 Å². The van der Waals surface area contributed by atoms with Crippen LogP contribution in [0.4, 0.5) is 11.4 Å². The first-order valence-corrected chi connectivity index (χ1v) is 9.43. The summed E-state index contributed by atoms with van der Waals surface area (Å²) in [4.78, 5) is 15.5. The molecule has 1 N–H and O–H groups in total. The van der Waals surface area contributed by atoms with Gasteiger partial charge in [0.25, 0.3) is 0 Å². The molecular formula is C20H22N4O5. The third-order valence-corrected chi connectivity index (χ3v) is 5.20. The number of hydrogen-bond donors (Lipinski definition) is 1. The number of nitro groups is 1. The molecule has 9 heteroatoms. The standard InChI is InChI=1S/C20H22N4O5/c1-11-19(12(2)29-23-11)15-7-16-14(8-18(15)27-3)20(17(10-21-16)24(25)26)22-9-13-5-4-6-28-13/h7-8,10,13H,4-6,9H2,1-3H3,(H,21,22). The number of anilines is 1. The smallest absolute Gasteiger partial charge is 0.311 e. The summed E-state index contributed by atoms with van der Waals surface area (Å²) in [5.41, 5.74) is 3.29. The molecule has 1 unspecified atom stereocenters. The molecule has 29 heavy (non-hydrogen) atoms. The Labute approximate surface area is 167 Å².